The van der Waals surface area contributed by atoms with Gasteiger partial charge in [0.2, 0.25) is 5.88 Å². The Balaban J connectivity index is 3.02. The summed E-state index contributed by atoms with van der Waals surface area (Å²) in [7, 11) is 1.52. The van der Waals surface area contributed by atoms with Gasteiger partial charge in [-0.2, -0.15) is 4.98 Å². The van der Waals surface area contributed by atoms with Crippen molar-refractivity contribution in [2.45, 2.75) is 6.54 Å². The predicted molar refractivity (Wildman–Crippen MR) is 40.9 cm³/mol. The van der Waals surface area contributed by atoms with Crippen LogP contribution < -0.4 is 16.2 Å². The molecule has 1 heterocycles. The van der Waals surface area contributed by atoms with Crippen molar-refractivity contribution in [1.82, 2.24) is 9.97 Å². The van der Waals surface area contributed by atoms with Crippen LogP contribution in [0.3, 0.4) is 0 Å². The molecule has 1 aromatic heterocycles. The minimum absolute atomic E-state index is 0.265. The van der Waals surface area contributed by atoms with E-state index in [-0.39, 0.29) is 6.54 Å². The fraction of sp³-hybridized carbons (Fsp3) is 0.333. The maximum Gasteiger partial charge on any atom is 0.218 e. The highest BCUT2D eigenvalue weighted by Crippen LogP contribution is 2.08. The number of hydrogen-bond donors (Lipinski definition) is 2. The van der Waals surface area contributed by atoms with Gasteiger partial charge in [0.1, 0.15) is 11.6 Å². The molecule has 0 fully saturated rings. The lowest BCUT2D eigenvalue weighted by Crippen LogP contribution is -2.06. The molecule has 0 unspecified atom stereocenters. The molecule has 0 radical (unpaired) electrons. The molecule has 60 valence electrons. The Labute approximate surface area is 64.4 Å². The van der Waals surface area contributed by atoms with Crippen LogP contribution >= 0.6 is 0 Å². The average molecular weight is 154 g/mol. The monoisotopic (exact) mass is 154 g/mol. The molecule has 0 atom stereocenters. The van der Waals surface area contributed by atoms with Crippen LogP contribution in [0.2, 0.25) is 0 Å². The molecule has 5 heteroatoms. The third-order valence-corrected chi connectivity index (χ3v) is 1.16. The van der Waals surface area contributed by atoms with Gasteiger partial charge in [-0.15, -0.1) is 0 Å². The second kappa shape index (κ2) is 3.16. The Morgan fingerprint density at radius 1 is 1.55 bits per heavy atom. The Kier molecular flexibility index (Phi) is 2.22. The van der Waals surface area contributed by atoms with Crippen LogP contribution in [0.15, 0.2) is 6.07 Å². The van der Waals surface area contributed by atoms with Gasteiger partial charge in [-0.1, -0.05) is 0 Å². The third kappa shape index (κ3) is 1.78. The van der Waals surface area contributed by atoms with Crippen molar-refractivity contribution in [1.29, 1.82) is 0 Å². The predicted octanol–water partition coefficient (Wildman–Crippen LogP) is -0.474. The molecule has 0 bridgehead atoms. The Hall–Kier alpha value is -1.36. The van der Waals surface area contributed by atoms with E-state index >= 15 is 0 Å². The molecule has 4 N–H and O–H groups in total. The quantitative estimate of drug-likeness (QED) is 0.601. The highest BCUT2D eigenvalue weighted by Gasteiger charge is 1.99. The van der Waals surface area contributed by atoms with Gasteiger partial charge >= 0.3 is 0 Å². The van der Waals surface area contributed by atoms with Crippen molar-refractivity contribution < 1.29 is 4.74 Å². The van der Waals surface area contributed by atoms with Crippen molar-refractivity contribution in [3.05, 3.63) is 11.9 Å². The van der Waals surface area contributed by atoms with E-state index in [9.17, 15) is 0 Å². The number of methoxy groups -OCH3 is 1. The minimum Gasteiger partial charge on any atom is -0.481 e. The number of nitrogen functional groups attached to an aromatic ring is 1. The van der Waals surface area contributed by atoms with Gasteiger partial charge in [-0.05, 0) is 0 Å². The SMILES string of the molecule is COc1cc(N)nc(CN)n1. The zero-order valence-electron chi connectivity index (χ0n) is 6.24. The lowest BCUT2D eigenvalue weighted by Gasteiger charge is -2.01. The molecule has 0 saturated heterocycles. The molecule has 0 spiro atoms. The van der Waals surface area contributed by atoms with Crippen LogP contribution in [0.1, 0.15) is 5.82 Å². The molecule has 0 aliphatic heterocycles. The zero-order valence-corrected chi connectivity index (χ0v) is 6.24. The maximum atomic E-state index is 5.42. The molecule has 1 rings (SSSR count). The highest BCUT2D eigenvalue weighted by atomic mass is 16.5. The molecule has 0 aromatic carbocycles. The van der Waals surface area contributed by atoms with Gasteiger partial charge < -0.3 is 16.2 Å². The molecular formula is C6H10N4O. The number of aromatic nitrogens is 2. The number of hydrogen-bond acceptors (Lipinski definition) is 5. The first-order valence-electron chi connectivity index (χ1n) is 3.13. The van der Waals surface area contributed by atoms with Crippen LogP contribution in [0.4, 0.5) is 5.82 Å². The van der Waals surface area contributed by atoms with Crippen molar-refractivity contribution in [2.75, 3.05) is 12.8 Å². The first-order valence-corrected chi connectivity index (χ1v) is 3.13. The van der Waals surface area contributed by atoms with Crippen molar-refractivity contribution >= 4 is 5.82 Å². The molecular weight excluding hydrogens is 144 g/mol. The summed E-state index contributed by atoms with van der Waals surface area (Å²) in [5, 5.41) is 0. The summed E-state index contributed by atoms with van der Waals surface area (Å²) >= 11 is 0. The maximum absolute atomic E-state index is 5.42. The standard InChI is InChI=1S/C6H10N4O/c1-11-6-2-4(8)9-5(3-7)10-6/h2H,3,7H2,1H3,(H2,8,9,10). The molecule has 11 heavy (non-hydrogen) atoms. The normalized spacial score (nSPS) is 9.64. The van der Waals surface area contributed by atoms with Crippen molar-refractivity contribution in [3.8, 4) is 5.88 Å². The summed E-state index contributed by atoms with van der Waals surface area (Å²) in [6.07, 6.45) is 0. The van der Waals surface area contributed by atoms with Crippen LogP contribution in [0, 0.1) is 0 Å². The van der Waals surface area contributed by atoms with Gasteiger partial charge in [0.15, 0.2) is 0 Å². The van der Waals surface area contributed by atoms with Crippen LogP contribution in [-0.4, -0.2) is 17.1 Å². The lowest BCUT2D eigenvalue weighted by molar-refractivity contribution is 0.395. The summed E-state index contributed by atoms with van der Waals surface area (Å²) in [4.78, 5) is 7.79. The average Bonchev–Trinajstić information content (AvgIpc) is 2.03. The van der Waals surface area contributed by atoms with E-state index in [2.05, 4.69) is 9.97 Å². The smallest absolute Gasteiger partial charge is 0.218 e. The number of nitrogens with zero attached hydrogens (tertiary/aromatic N) is 2. The summed E-state index contributed by atoms with van der Waals surface area (Å²) in [5.41, 5.74) is 10.7. The molecule has 0 aliphatic rings. The van der Waals surface area contributed by atoms with E-state index in [1.54, 1.807) is 6.07 Å². The fourth-order valence-corrected chi connectivity index (χ4v) is 0.688. The summed E-state index contributed by atoms with van der Waals surface area (Å²) in [5.74, 6) is 1.30. The Bertz CT molecular complexity index is 228. The molecule has 0 saturated carbocycles. The third-order valence-electron chi connectivity index (χ3n) is 1.16. The molecule has 1 aromatic rings. The molecule has 5 nitrogen and oxygen atoms in total. The second-order valence-corrected chi connectivity index (χ2v) is 1.96. The first kappa shape index (κ1) is 7.74. The number of nitrogens with two attached hydrogens (primary N) is 2. The lowest BCUT2D eigenvalue weighted by atomic mass is 10.5. The van der Waals surface area contributed by atoms with Crippen molar-refractivity contribution in [2.24, 2.45) is 5.73 Å². The summed E-state index contributed by atoms with van der Waals surface area (Å²) < 4.78 is 4.85. The molecule has 0 amide bonds. The van der Waals surface area contributed by atoms with E-state index in [4.69, 9.17) is 16.2 Å². The largest absolute Gasteiger partial charge is 0.481 e. The van der Waals surface area contributed by atoms with E-state index in [1.807, 2.05) is 0 Å². The van der Waals surface area contributed by atoms with Gasteiger partial charge in [0.25, 0.3) is 0 Å². The first-order chi connectivity index (χ1) is 5.26. The van der Waals surface area contributed by atoms with Gasteiger partial charge in [-0.25, -0.2) is 4.98 Å². The fourth-order valence-electron chi connectivity index (χ4n) is 0.688. The number of ether oxygens (including phenoxy) is 1. The zero-order chi connectivity index (χ0) is 8.27. The van der Waals surface area contributed by atoms with Crippen molar-refractivity contribution in [3.63, 3.8) is 0 Å². The Morgan fingerprint density at radius 3 is 2.82 bits per heavy atom. The van der Waals surface area contributed by atoms with Crippen LogP contribution in [0.5, 0.6) is 5.88 Å². The highest BCUT2D eigenvalue weighted by molar-refractivity contribution is 5.32. The topological polar surface area (TPSA) is 87.0 Å². The molecule has 0 aliphatic carbocycles. The number of anilines is 1. The van der Waals surface area contributed by atoms with E-state index < -0.39 is 0 Å². The van der Waals surface area contributed by atoms with Crippen LogP contribution in [-0.2, 0) is 6.54 Å². The minimum atomic E-state index is 0.265. The van der Waals surface area contributed by atoms with Gasteiger partial charge in [0, 0.05) is 6.07 Å². The summed E-state index contributed by atoms with van der Waals surface area (Å²) in [6, 6.07) is 1.54. The Morgan fingerprint density at radius 2 is 2.27 bits per heavy atom. The van der Waals surface area contributed by atoms with E-state index in [1.165, 1.54) is 7.11 Å². The van der Waals surface area contributed by atoms with Crippen LogP contribution in [0.25, 0.3) is 0 Å². The number of rotatable bonds is 2. The van der Waals surface area contributed by atoms with E-state index in [0.717, 1.165) is 0 Å². The van der Waals surface area contributed by atoms with Gasteiger partial charge in [-0.3, -0.25) is 0 Å². The second-order valence-electron chi connectivity index (χ2n) is 1.96. The summed E-state index contributed by atoms with van der Waals surface area (Å²) in [6.45, 7) is 0.265. The van der Waals surface area contributed by atoms with E-state index in [0.29, 0.717) is 17.5 Å². The van der Waals surface area contributed by atoms with Gasteiger partial charge in [0.05, 0.1) is 13.7 Å².